The van der Waals surface area contributed by atoms with Crippen molar-refractivity contribution < 1.29 is 9.53 Å². The molecule has 0 aromatic heterocycles. The molecule has 1 saturated carbocycles. The molecule has 4 heteroatoms. The maximum atomic E-state index is 12.3. The number of amides is 1. The van der Waals surface area contributed by atoms with E-state index >= 15 is 0 Å². The maximum Gasteiger partial charge on any atom is 0.240 e. The zero-order valence-corrected chi connectivity index (χ0v) is 14.2. The lowest BCUT2D eigenvalue weighted by molar-refractivity contribution is -0.131. The van der Waals surface area contributed by atoms with Gasteiger partial charge in [0.15, 0.2) is 0 Å². The molecule has 128 valence electrons. The SMILES string of the molecule is N#CC1(C(=O)NCc2ccccc2COCc2ccccc2)CCC1. The van der Waals surface area contributed by atoms with Crippen LogP contribution in [0.4, 0.5) is 0 Å². The number of carbonyl (C=O) groups is 1. The van der Waals surface area contributed by atoms with E-state index in [2.05, 4.69) is 11.4 Å². The second kappa shape index (κ2) is 7.96. The monoisotopic (exact) mass is 334 g/mol. The highest BCUT2D eigenvalue weighted by molar-refractivity contribution is 5.86. The number of hydrogen-bond donors (Lipinski definition) is 1. The van der Waals surface area contributed by atoms with Gasteiger partial charge in [0, 0.05) is 6.54 Å². The summed E-state index contributed by atoms with van der Waals surface area (Å²) in [7, 11) is 0. The lowest BCUT2D eigenvalue weighted by Gasteiger charge is -2.33. The van der Waals surface area contributed by atoms with Gasteiger partial charge in [-0.1, -0.05) is 54.6 Å². The molecule has 0 heterocycles. The summed E-state index contributed by atoms with van der Waals surface area (Å²) in [6, 6.07) is 20.1. The molecule has 1 amide bonds. The van der Waals surface area contributed by atoms with E-state index in [1.54, 1.807) is 0 Å². The minimum atomic E-state index is -0.807. The third-order valence-corrected chi connectivity index (χ3v) is 4.78. The first-order valence-electron chi connectivity index (χ1n) is 8.61. The van der Waals surface area contributed by atoms with Crippen LogP contribution in [0.15, 0.2) is 54.6 Å². The minimum Gasteiger partial charge on any atom is -0.372 e. The van der Waals surface area contributed by atoms with E-state index in [0.717, 1.165) is 23.1 Å². The third-order valence-electron chi connectivity index (χ3n) is 4.78. The number of ether oxygens (including phenoxy) is 1. The average Bonchev–Trinajstić information content (AvgIpc) is 2.61. The second-order valence-electron chi connectivity index (χ2n) is 6.48. The number of benzene rings is 2. The fourth-order valence-electron chi connectivity index (χ4n) is 2.99. The summed E-state index contributed by atoms with van der Waals surface area (Å²) in [6.45, 7) is 1.47. The summed E-state index contributed by atoms with van der Waals surface area (Å²) in [5, 5.41) is 12.2. The molecular weight excluding hydrogens is 312 g/mol. The van der Waals surface area contributed by atoms with Crippen LogP contribution in [0.5, 0.6) is 0 Å². The van der Waals surface area contributed by atoms with Crippen LogP contribution in [0.3, 0.4) is 0 Å². The van der Waals surface area contributed by atoms with E-state index in [-0.39, 0.29) is 5.91 Å². The Morgan fingerprint density at radius 3 is 2.36 bits per heavy atom. The van der Waals surface area contributed by atoms with Gasteiger partial charge in [0.05, 0.1) is 19.3 Å². The van der Waals surface area contributed by atoms with Crippen molar-refractivity contribution in [2.75, 3.05) is 0 Å². The van der Waals surface area contributed by atoms with Crippen molar-refractivity contribution in [3.05, 3.63) is 71.3 Å². The first-order valence-corrected chi connectivity index (χ1v) is 8.61. The first kappa shape index (κ1) is 17.2. The third kappa shape index (κ3) is 4.07. The summed E-state index contributed by atoms with van der Waals surface area (Å²) in [4.78, 5) is 12.3. The fourth-order valence-corrected chi connectivity index (χ4v) is 2.99. The molecule has 1 N–H and O–H groups in total. The van der Waals surface area contributed by atoms with Gasteiger partial charge in [0.1, 0.15) is 5.41 Å². The van der Waals surface area contributed by atoms with Crippen LogP contribution in [0, 0.1) is 16.7 Å². The molecule has 3 rings (SSSR count). The molecule has 1 aliphatic carbocycles. The number of nitrogens with zero attached hydrogens (tertiary/aromatic N) is 1. The zero-order valence-electron chi connectivity index (χ0n) is 14.2. The highest BCUT2D eigenvalue weighted by Gasteiger charge is 2.44. The van der Waals surface area contributed by atoms with Crippen molar-refractivity contribution in [2.24, 2.45) is 5.41 Å². The van der Waals surface area contributed by atoms with Crippen molar-refractivity contribution >= 4 is 5.91 Å². The van der Waals surface area contributed by atoms with E-state index in [0.29, 0.717) is 32.6 Å². The van der Waals surface area contributed by atoms with Crippen LogP contribution >= 0.6 is 0 Å². The summed E-state index contributed by atoms with van der Waals surface area (Å²) >= 11 is 0. The molecule has 25 heavy (non-hydrogen) atoms. The van der Waals surface area contributed by atoms with Gasteiger partial charge in [-0.3, -0.25) is 4.79 Å². The number of hydrogen-bond acceptors (Lipinski definition) is 3. The summed E-state index contributed by atoms with van der Waals surface area (Å²) in [5.74, 6) is -0.152. The van der Waals surface area contributed by atoms with Gasteiger partial charge < -0.3 is 10.1 Å². The summed E-state index contributed by atoms with van der Waals surface area (Å²) < 4.78 is 5.81. The van der Waals surface area contributed by atoms with E-state index in [4.69, 9.17) is 4.74 Å². The standard InChI is InChI=1S/C21H22N2O2/c22-16-21(11-6-12-21)20(24)23-13-18-9-4-5-10-19(18)15-25-14-17-7-2-1-3-8-17/h1-5,7-10H,6,11-15H2,(H,23,24). The van der Waals surface area contributed by atoms with E-state index in [1.807, 2.05) is 54.6 Å². The number of rotatable bonds is 7. The average molecular weight is 334 g/mol. The molecule has 0 unspecified atom stereocenters. The van der Waals surface area contributed by atoms with Gasteiger partial charge in [-0.2, -0.15) is 5.26 Å². The highest BCUT2D eigenvalue weighted by Crippen LogP contribution is 2.40. The van der Waals surface area contributed by atoms with E-state index in [9.17, 15) is 10.1 Å². The predicted octanol–water partition coefficient (Wildman–Crippen LogP) is 3.71. The predicted molar refractivity (Wildman–Crippen MR) is 95.1 cm³/mol. The lowest BCUT2D eigenvalue weighted by Crippen LogP contribution is -2.44. The Bertz CT molecular complexity index is 761. The van der Waals surface area contributed by atoms with Gasteiger partial charge in [0.25, 0.3) is 0 Å². The minimum absolute atomic E-state index is 0.152. The molecule has 0 radical (unpaired) electrons. The van der Waals surface area contributed by atoms with Crippen molar-refractivity contribution in [3.8, 4) is 6.07 Å². The Labute approximate surface area is 148 Å². The van der Waals surface area contributed by atoms with Crippen LogP contribution in [-0.2, 0) is 29.3 Å². The number of nitriles is 1. The molecule has 1 fully saturated rings. The van der Waals surface area contributed by atoms with Crippen LogP contribution in [-0.4, -0.2) is 5.91 Å². The smallest absolute Gasteiger partial charge is 0.240 e. The Hall–Kier alpha value is -2.64. The Morgan fingerprint density at radius 2 is 1.72 bits per heavy atom. The molecule has 0 bridgehead atoms. The van der Waals surface area contributed by atoms with E-state index < -0.39 is 5.41 Å². The number of nitrogens with one attached hydrogen (secondary N) is 1. The zero-order chi connectivity index (χ0) is 17.5. The van der Waals surface area contributed by atoms with Crippen molar-refractivity contribution in [1.82, 2.24) is 5.32 Å². The van der Waals surface area contributed by atoms with Crippen molar-refractivity contribution in [1.29, 1.82) is 5.26 Å². The normalized spacial score (nSPS) is 15.0. The topological polar surface area (TPSA) is 62.1 Å². The quantitative estimate of drug-likeness (QED) is 0.839. The van der Waals surface area contributed by atoms with Crippen molar-refractivity contribution in [2.45, 2.75) is 39.0 Å². The lowest BCUT2D eigenvalue weighted by atomic mass is 9.69. The molecule has 1 aliphatic rings. The van der Waals surface area contributed by atoms with Gasteiger partial charge in [0.2, 0.25) is 5.91 Å². The summed E-state index contributed by atoms with van der Waals surface area (Å²) in [6.07, 6.45) is 2.28. The first-order chi connectivity index (χ1) is 12.2. The van der Waals surface area contributed by atoms with Crippen LogP contribution in [0.1, 0.15) is 36.0 Å². The molecule has 4 nitrogen and oxygen atoms in total. The second-order valence-corrected chi connectivity index (χ2v) is 6.48. The molecule has 2 aromatic carbocycles. The molecule has 2 aromatic rings. The Morgan fingerprint density at radius 1 is 1.04 bits per heavy atom. The van der Waals surface area contributed by atoms with Crippen LogP contribution < -0.4 is 5.32 Å². The Balaban J connectivity index is 1.55. The molecule has 0 atom stereocenters. The molecule has 0 spiro atoms. The van der Waals surface area contributed by atoms with Crippen LogP contribution in [0.2, 0.25) is 0 Å². The van der Waals surface area contributed by atoms with Gasteiger partial charge >= 0.3 is 0 Å². The molecule has 0 aliphatic heterocycles. The highest BCUT2D eigenvalue weighted by atomic mass is 16.5. The van der Waals surface area contributed by atoms with Gasteiger partial charge in [-0.15, -0.1) is 0 Å². The van der Waals surface area contributed by atoms with Gasteiger partial charge in [-0.05, 0) is 36.0 Å². The Kier molecular flexibility index (Phi) is 5.47. The number of carbonyl (C=O) groups excluding carboxylic acids is 1. The molecular formula is C21H22N2O2. The fraction of sp³-hybridized carbons (Fsp3) is 0.333. The van der Waals surface area contributed by atoms with Gasteiger partial charge in [-0.25, -0.2) is 0 Å². The molecule has 0 saturated heterocycles. The van der Waals surface area contributed by atoms with Crippen molar-refractivity contribution in [3.63, 3.8) is 0 Å². The largest absolute Gasteiger partial charge is 0.372 e. The maximum absolute atomic E-state index is 12.3. The summed E-state index contributed by atoms with van der Waals surface area (Å²) in [5.41, 5.74) is 2.41. The van der Waals surface area contributed by atoms with Crippen LogP contribution in [0.25, 0.3) is 0 Å². The van der Waals surface area contributed by atoms with E-state index in [1.165, 1.54) is 0 Å².